The molecule has 0 saturated carbocycles. The normalized spacial score (nSPS) is 10.5. The highest BCUT2D eigenvalue weighted by Gasteiger charge is 2.21. The molecule has 0 unspecified atom stereocenters. The molecular weight excluding hydrogens is 291 g/mol. The minimum atomic E-state index is -0.684. The van der Waals surface area contributed by atoms with Gasteiger partial charge in [-0.25, -0.2) is 4.39 Å². The second kappa shape index (κ2) is 5.04. The van der Waals surface area contributed by atoms with Gasteiger partial charge in [-0.3, -0.25) is 4.79 Å². The topological polar surface area (TPSA) is 56.6 Å². The number of halogens is 2. The lowest BCUT2D eigenvalue weighted by atomic mass is 9.99. The maximum Gasteiger partial charge on any atom is 0.199 e. The molecule has 5 heteroatoms. The number of nitrogens with one attached hydrogen (secondary N) is 1. The molecule has 1 aromatic heterocycles. The Morgan fingerprint density at radius 1 is 1.24 bits per heavy atom. The van der Waals surface area contributed by atoms with Gasteiger partial charge in [0.15, 0.2) is 5.78 Å². The van der Waals surface area contributed by atoms with Gasteiger partial charge in [-0.05, 0) is 24.3 Å². The van der Waals surface area contributed by atoms with Crippen LogP contribution in [-0.2, 0) is 0 Å². The number of hydrogen-bond acceptors (Lipinski definition) is 2. The average molecular weight is 299 g/mol. The Kier molecular flexibility index (Phi) is 3.20. The van der Waals surface area contributed by atoms with E-state index in [1.165, 1.54) is 24.4 Å². The van der Waals surface area contributed by atoms with Gasteiger partial charge in [-0.1, -0.05) is 23.7 Å². The fourth-order valence-electron chi connectivity index (χ4n) is 2.31. The molecule has 102 valence electrons. The van der Waals surface area contributed by atoms with Crippen molar-refractivity contribution in [2.75, 3.05) is 0 Å². The zero-order valence-electron chi connectivity index (χ0n) is 10.7. The van der Waals surface area contributed by atoms with Gasteiger partial charge in [-0.15, -0.1) is 0 Å². The lowest BCUT2D eigenvalue weighted by Gasteiger charge is -2.04. The highest BCUT2D eigenvalue weighted by molar-refractivity contribution is 6.35. The van der Waals surface area contributed by atoms with Crippen LogP contribution in [0.4, 0.5) is 4.39 Å². The minimum absolute atomic E-state index is 0.0452. The number of nitriles is 1. The molecule has 0 fully saturated rings. The van der Waals surface area contributed by atoms with Crippen molar-refractivity contribution in [1.29, 1.82) is 5.26 Å². The molecule has 0 bridgehead atoms. The SMILES string of the molecule is N#Cc1cccc2[nH]cc(C(=O)c3c(F)cccc3Cl)c12. The minimum Gasteiger partial charge on any atom is -0.360 e. The summed E-state index contributed by atoms with van der Waals surface area (Å²) in [5, 5.41) is 9.69. The first kappa shape index (κ1) is 13.3. The molecule has 0 aliphatic rings. The van der Waals surface area contributed by atoms with Crippen molar-refractivity contribution in [3.8, 4) is 6.07 Å². The predicted octanol–water partition coefficient (Wildman–Crippen LogP) is 4.06. The molecule has 2 aromatic carbocycles. The van der Waals surface area contributed by atoms with E-state index in [1.54, 1.807) is 18.2 Å². The molecular formula is C16H8ClFN2O. The summed E-state index contributed by atoms with van der Waals surface area (Å²) in [5.74, 6) is -1.23. The number of rotatable bonds is 2. The zero-order valence-corrected chi connectivity index (χ0v) is 11.4. The Morgan fingerprint density at radius 2 is 2.00 bits per heavy atom. The molecule has 0 saturated heterocycles. The summed E-state index contributed by atoms with van der Waals surface area (Å²) in [6, 6.07) is 11.2. The van der Waals surface area contributed by atoms with Gasteiger partial charge in [0, 0.05) is 22.7 Å². The molecule has 21 heavy (non-hydrogen) atoms. The fraction of sp³-hybridized carbons (Fsp3) is 0. The number of aromatic nitrogens is 1. The second-order valence-corrected chi connectivity index (χ2v) is 4.88. The van der Waals surface area contributed by atoms with Gasteiger partial charge >= 0.3 is 0 Å². The van der Waals surface area contributed by atoms with Crippen molar-refractivity contribution < 1.29 is 9.18 Å². The number of carbonyl (C=O) groups is 1. The second-order valence-electron chi connectivity index (χ2n) is 4.47. The van der Waals surface area contributed by atoms with Crippen LogP contribution < -0.4 is 0 Å². The first-order chi connectivity index (χ1) is 10.1. The Hall–Kier alpha value is -2.64. The number of benzene rings is 2. The van der Waals surface area contributed by atoms with Crippen LogP contribution in [0.3, 0.4) is 0 Å². The third-order valence-corrected chi connectivity index (χ3v) is 3.58. The third kappa shape index (κ3) is 2.08. The van der Waals surface area contributed by atoms with Crippen LogP contribution in [0.25, 0.3) is 10.9 Å². The Bertz CT molecular complexity index is 888. The molecule has 0 atom stereocenters. The highest BCUT2D eigenvalue weighted by Crippen LogP contribution is 2.28. The van der Waals surface area contributed by atoms with Crippen LogP contribution in [0, 0.1) is 17.1 Å². The Balaban J connectivity index is 2.27. The predicted molar refractivity (Wildman–Crippen MR) is 77.9 cm³/mol. The molecule has 3 rings (SSSR count). The first-order valence-electron chi connectivity index (χ1n) is 6.12. The maximum atomic E-state index is 13.9. The van der Waals surface area contributed by atoms with Gasteiger partial charge in [0.25, 0.3) is 0 Å². The number of ketones is 1. The fourth-order valence-corrected chi connectivity index (χ4v) is 2.56. The molecule has 0 radical (unpaired) electrons. The molecule has 0 spiro atoms. The van der Waals surface area contributed by atoms with E-state index in [0.717, 1.165) is 0 Å². The summed E-state index contributed by atoms with van der Waals surface area (Å²) in [6.07, 6.45) is 1.47. The van der Waals surface area contributed by atoms with Crippen molar-refractivity contribution in [1.82, 2.24) is 4.98 Å². The summed E-state index contributed by atoms with van der Waals surface area (Å²) >= 11 is 5.93. The summed E-state index contributed by atoms with van der Waals surface area (Å²) in [7, 11) is 0. The van der Waals surface area contributed by atoms with Crippen LogP contribution in [0.1, 0.15) is 21.5 Å². The van der Waals surface area contributed by atoms with Crippen molar-refractivity contribution in [3.05, 3.63) is 70.1 Å². The maximum absolute atomic E-state index is 13.9. The Labute approximate surface area is 124 Å². The van der Waals surface area contributed by atoms with Crippen LogP contribution in [0.2, 0.25) is 5.02 Å². The summed E-state index contributed by atoms with van der Waals surface area (Å²) < 4.78 is 13.9. The summed E-state index contributed by atoms with van der Waals surface area (Å²) in [5.41, 5.74) is 1.04. The summed E-state index contributed by atoms with van der Waals surface area (Å²) in [6.45, 7) is 0. The lowest BCUT2D eigenvalue weighted by molar-refractivity contribution is 0.103. The zero-order chi connectivity index (χ0) is 15.0. The summed E-state index contributed by atoms with van der Waals surface area (Å²) in [4.78, 5) is 15.5. The van der Waals surface area contributed by atoms with Crippen molar-refractivity contribution >= 4 is 28.3 Å². The van der Waals surface area contributed by atoms with Gasteiger partial charge in [0.05, 0.1) is 22.2 Å². The van der Waals surface area contributed by atoms with Crippen LogP contribution >= 0.6 is 11.6 Å². The molecule has 0 amide bonds. The van der Waals surface area contributed by atoms with E-state index in [9.17, 15) is 9.18 Å². The van der Waals surface area contributed by atoms with Crippen LogP contribution in [0.15, 0.2) is 42.6 Å². The van der Waals surface area contributed by atoms with Gasteiger partial charge in [0.2, 0.25) is 0 Å². The van der Waals surface area contributed by atoms with Crippen molar-refractivity contribution in [2.45, 2.75) is 0 Å². The lowest BCUT2D eigenvalue weighted by Crippen LogP contribution is -2.05. The van der Waals surface area contributed by atoms with E-state index in [4.69, 9.17) is 16.9 Å². The molecule has 1 N–H and O–H groups in total. The van der Waals surface area contributed by atoms with E-state index < -0.39 is 11.6 Å². The largest absolute Gasteiger partial charge is 0.360 e. The number of aromatic amines is 1. The number of fused-ring (bicyclic) bond motifs is 1. The third-order valence-electron chi connectivity index (χ3n) is 3.26. The number of hydrogen-bond donors (Lipinski definition) is 1. The first-order valence-corrected chi connectivity index (χ1v) is 6.50. The van der Waals surface area contributed by atoms with Crippen molar-refractivity contribution in [2.24, 2.45) is 0 Å². The monoisotopic (exact) mass is 298 g/mol. The van der Waals surface area contributed by atoms with E-state index in [-0.39, 0.29) is 16.1 Å². The van der Waals surface area contributed by atoms with Crippen molar-refractivity contribution in [3.63, 3.8) is 0 Å². The highest BCUT2D eigenvalue weighted by atomic mass is 35.5. The smallest absolute Gasteiger partial charge is 0.199 e. The molecule has 0 aliphatic heterocycles. The van der Waals surface area contributed by atoms with Gasteiger partial charge in [-0.2, -0.15) is 5.26 Å². The van der Waals surface area contributed by atoms with Gasteiger partial charge < -0.3 is 4.98 Å². The van der Waals surface area contributed by atoms with Gasteiger partial charge in [0.1, 0.15) is 5.82 Å². The van der Waals surface area contributed by atoms with E-state index in [2.05, 4.69) is 4.98 Å². The number of carbonyl (C=O) groups excluding carboxylic acids is 1. The number of H-pyrrole nitrogens is 1. The average Bonchev–Trinajstić information content (AvgIpc) is 2.90. The number of nitrogens with zero attached hydrogens (tertiary/aromatic N) is 1. The molecule has 3 nitrogen and oxygen atoms in total. The van der Waals surface area contributed by atoms with Crippen LogP contribution in [-0.4, -0.2) is 10.8 Å². The molecule has 1 heterocycles. The Morgan fingerprint density at radius 3 is 2.71 bits per heavy atom. The molecule has 0 aliphatic carbocycles. The van der Waals surface area contributed by atoms with E-state index in [1.807, 2.05) is 6.07 Å². The van der Waals surface area contributed by atoms with E-state index >= 15 is 0 Å². The quantitative estimate of drug-likeness (QED) is 0.725. The standard InChI is InChI=1S/C16H8ClFN2O/c17-11-4-2-5-12(18)15(11)16(21)10-8-20-13-6-1-3-9(7-19)14(10)13/h1-6,8,20H. The molecule has 3 aromatic rings. The van der Waals surface area contributed by atoms with E-state index in [0.29, 0.717) is 16.5 Å². The van der Waals surface area contributed by atoms with Crippen LogP contribution in [0.5, 0.6) is 0 Å².